The number of hydrogen-bond donors (Lipinski definition) is 2. The number of rotatable bonds is 4. The largest absolute Gasteiger partial charge is 0.444 e. The first-order chi connectivity index (χ1) is 11.8. The number of ether oxygens (including phenoxy) is 1. The molecule has 1 aliphatic rings. The van der Waals surface area contributed by atoms with Gasteiger partial charge in [-0.05, 0) is 33.6 Å². The number of likely N-dealkylation sites (tertiary alicyclic amines) is 1. The average molecular weight is 495 g/mol. The fraction of sp³-hybridized carbons (Fsp3) is 0.706. The van der Waals surface area contributed by atoms with Gasteiger partial charge < -0.3 is 20.3 Å². The number of aliphatic imine (C=N–C) groups is 1. The maximum Gasteiger partial charge on any atom is 0.407 e. The van der Waals surface area contributed by atoms with E-state index in [1.54, 1.807) is 18.4 Å². The molecule has 1 amide bonds. The van der Waals surface area contributed by atoms with E-state index in [2.05, 4.69) is 37.8 Å². The van der Waals surface area contributed by atoms with E-state index in [9.17, 15) is 4.79 Å². The SMILES string of the molecule is CCc1nc(CNC(=NC)N2CCC(NC(=O)OC(C)(C)C)C2)cs1.I. The van der Waals surface area contributed by atoms with Gasteiger partial charge in [0, 0.05) is 25.5 Å². The topological polar surface area (TPSA) is 78.9 Å². The second-order valence-corrected chi connectivity index (χ2v) is 8.01. The monoisotopic (exact) mass is 495 g/mol. The lowest BCUT2D eigenvalue weighted by Crippen LogP contribution is -2.44. The third kappa shape index (κ3) is 7.26. The number of carbonyl (C=O) groups is 1. The van der Waals surface area contributed by atoms with Crippen LogP contribution in [-0.2, 0) is 17.7 Å². The van der Waals surface area contributed by atoms with Crippen LogP contribution in [0.4, 0.5) is 4.79 Å². The summed E-state index contributed by atoms with van der Waals surface area (Å²) < 4.78 is 5.32. The Morgan fingerprint density at radius 2 is 2.23 bits per heavy atom. The Labute approximate surface area is 177 Å². The van der Waals surface area contributed by atoms with Crippen LogP contribution in [0, 0.1) is 0 Å². The number of nitrogens with zero attached hydrogens (tertiary/aromatic N) is 3. The van der Waals surface area contributed by atoms with Crippen LogP contribution < -0.4 is 10.6 Å². The molecule has 0 saturated carbocycles. The molecule has 1 aromatic rings. The number of carbonyl (C=O) groups excluding carboxylic acids is 1. The molecule has 7 nitrogen and oxygen atoms in total. The van der Waals surface area contributed by atoms with Gasteiger partial charge in [0.05, 0.1) is 23.3 Å². The standard InChI is InChI=1S/C17H29N5O2S.HI/c1-6-14-20-13(11-25-14)9-19-15(18-5)22-8-7-12(10-22)21-16(23)24-17(2,3)4;/h11-12H,6-10H2,1-5H3,(H,18,19)(H,21,23);1H. The van der Waals surface area contributed by atoms with E-state index < -0.39 is 5.60 Å². The molecule has 2 rings (SSSR count). The smallest absolute Gasteiger partial charge is 0.407 e. The van der Waals surface area contributed by atoms with Crippen LogP contribution in [0.3, 0.4) is 0 Å². The molecule has 0 bridgehead atoms. The van der Waals surface area contributed by atoms with Crippen LogP contribution >= 0.6 is 35.3 Å². The molecule has 148 valence electrons. The predicted molar refractivity (Wildman–Crippen MR) is 116 cm³/mol. The molecule has 2 heterocycles. The minimum atomic E-state index is -0.481. The third-order valence-electron chi connectivity index (χ3n) is 3.75. The minimum absolute atomic E-state index is 0. The lowest BCUT2D eigenvalue weighted by atomic mass is 10.2. The molecule has 1 saturated heterocycles. The lowest BCUT2D eigenvalue weighted by Gasteiger charge is -2.23. The zero-order valence-electron chi connectivity index (χ0n) is 16.2. The Balaban J connectivity index is 0.00000338. The Bertz CT molecular complexity index is 615. The Hall–Kier alpha value is -1.10. The number of hydrogen-bond acceptors (Lipinski definition) is 5. The van der Waals surface area contributed by atoms with Crippen molar-refractivity contribution >= 4 is 47.4 Å². The van der Waals surface area contributed by atoms with Crippen molar-refractivity contribution in [2.75, 3.05) is 20.1 Å². The van der Waals surface area contributed by atoms with Crippen LogP contribution in [0.1, 0.15) is 44.8 Å². The molecule has 0 aliphatic carbocycles. The number of nitrogens with one attached hydrogen (secondary N) is 2. The zero-order valence-corrected chi connectivity index (χ0v) is 19.3. The molecular formula is C17H30IN5O2S. The first-order valence-electron chi connectivity index (χ1n) is 8.69. The molecule has 0 radical (unpaired) electrons. The summed E-state index contributed by atoms with van der Waals surface area (Å²) in [6.07, 6.45) is 1.47. The van der Waals surface area contributed by atoms with E-state index in [1.807, 2.05) is 20.8 Å². The van der Waals surface area contributed by atoms with Crippen LogP contribution in [-0.4, -0.2) is 53.7 Å². The summed E-state index contributed by atoms with van der Waals surface area (Å²) in [6, 6.07) is 0.0689. The summed E-state index contributed by atoms with van der Waals surface area (Å²) in [7, 11) is 1.77. The second kappa shape index (κ2) is 10.3. The van der Waals surface area contributed by atoms with Crippen LogP contribution in [0.2, 0.25) is 0 Å². The highest BCUT2D eigenvalue weighted by molar-refractivity contribution is 14.0. The summed E-state index contributed by atoms with van der Waals surface area (Å²) in [6.45, 7) is 9.92. The quantitative estimate of drug-likeness (QED) is 0.382. The van der Waals surface area contributed by atoms with Crippen molar-refractivity contribution in [2.45, 2.75) is 58.7 Å². The summed E-state index contributed by atoms with van der Waals surface area (Å²) >= 11 is 1.69. The van der Waals surface area contributed by atoms with Crippen molar-refractivity contribution in [1.29, 1.82) is 0 Å². The minimum Gasteiger partial charge on any atom is -0.444 e. The molecule has 1 unspecified atom stereocenters. The van der Waals surface area contributed by atoms with E-state index >= 15 is 0 Å². The van der Waals surface area contributed by atoms with Gasteiger partial charge in [-0.2, -0.15) is 0 Å². The van der Waals surface area contributed by atoms with Gasteiger partial charge in [-0.25, -0.2) is 9.78 Å². The summed E-state index contributed by atoms with van der Waals surface area (Å²) in [4.78, 5) is 23.0. The second-order valence-electron chi connectivity index (χ2n) is 7.06. The highest BCUT2D eigenvalue weighted by Gasteiger charge is 2.27. The third-order valence-corrected chi connectivity index (χ3v) is 4.79. The number of amides is 1. The van der Waals surface area contributed by atoms with Gasteiger partial charge >= 0.3 is 6.09 Å². The van der Waals surface area contributed by atoms with Crippen LogP contribution in [0.15, 0.2) is 10.4 Å². The Morgan fingerprint density at radius 3 is 2.81 bits per heavy atom. The highest BCUT2D eigenvalue weighted by Crippen LogP contribution is 2.13. The van der Waals surface area contributed by atoms with E-state index in [0.717, 1.165) is 42.6 Å². The van der Waals surface area contributed by atoms with E-state index in [4.69, 9.17) is 4.74 Å². The van der Waals surface area contributed by atoms with E-state index in [0.29, 0.717) is 6.54 Å². The zero-order chi connectivity index (χ0) is 18.4. The van der Waals surface area contributed by atoms with Gasteiger partial charge in [0.15, 0.2) is 5.96 Å². The average Bonchev–Trinajstić information content (AvgIpc) is 3.15. The summed E-state index contributed by atoms with van der Waals surface area (Å²) in [5.41, 5.74) is 0.552. The first kappa shape index (κ1) is 22.9. The van der Waals surface area contributed by atoms with Crippen molar-refractivity contribution in [2.24, 2.45) is 4.99 Å². The number of thiazole rings is 1. The maximum atomic E-state index is 11.9. The number of aryl methyl sites for hydroxylation is 1. The van der Waals surface area contributed by atoms with E-state index in [1.165, 1.54) is 0 Å². The maximum absolute atomic E-state index is 11.9. The van der Waals surface area contributed by atoms with Crippen LogP contribution in [0.25, 0.3) is 0 Å². The molecule has 1 aromatic heterocycles. The molecule has 0 aromatic carbocycles. The van der Waals surface area contributed by atoms with Gasteiger partial charge in [0.25, 0.3) is 0 Å². The first-order valence-corrected chi connectivity index (χ1v) is 9.57. The van der Waals surface area contributed by atoms with Gasteiger partial charge in [0.2, 0.25) is 0 Å². The van der Waals surface area contributed by atoms with Crippen molar-refractivity contribution in [3.05, 3.63) is 16.1 Å². The normalized spacial score (nSPS) is 17.7. The molecule has 1 atom stereocenters. The molecular weight excluding hydrogens is 465 g/mol. The molecule has 2 N–H and O–H groups in total. The van der Waals surface area contributed by atoms with Crippen molar-refractivity contribution in [1.82, 2.24) is 20.5 Å². The Morgan fingerprint density at radius 1 is 1.50 bits per heavy atom. The number of aromatic nitrogens is 1. The molecule has 26 heavy (non-hydrogen) atoms. The molecule has 1 aliphatic heterocycles. The molecule has 0 spiro atoms. The highest BCUT2D eigenvalue weighted by atomic mass is 127. The number of alkyl carbamates (subject to hydrolysis) is 1. The van der Waals surface area contributed by atoms with Crippen molar-refractivity contribution in [3.63, 3.8) is 0 Å². The van der Waals surface area contributed by atoms with Gasteiger partial charge in [-0.1, -0.05) is 6.92 Å². The molecule has 9 heteroatoms. The fourth-order valence-corrected chi connectivity index (χ4v) is 3.38. The van der Waals surface area contributed by atoms with Gasteiger partial charge in [-0.3, -0.25) is 4.99 Å². The van der Waals surface area contributed by atoms with Gasteiger partial charge in [0.1, 0.15) is 5.60 Å². The predicted octanol–water partition coefficient (Wildman–Crippen LogP) is 3.00. The number of halogens is 1. The van der Waals surface area contributed by atoms with Crippen molar-refractivity contribution < 1.29 is 9.53 Å². The summed E-state index contributed by atoms with van der Waals surface area (Å²) in [5.74, 6) is 0.833. The summed E-state index contributed by atoms with van der Waals surface area (Å²) in [5, 5.41) is 9.51. The Kier molecular flexibility index (Phi) is 9.08. The number of guanidine groups is 1. The molecule has 1 fully saturated rings. The van der Waals surface area contributed by atoms with E-state index in [-0.39, 0.29) is 36.1 Å². The lowest BCUT2D eigenvalue weighted by molar-refractivity contribution is 0.0507. The van der Waals surface area contributed by atoms with Gasteiger partial charge in [-0.15, -0.1) is 35.3 Å². The van der Waals surface area contributed by atoms with Crippen LogP contribution in [0.5, 0.6) is 0 Å². The fourth-order valence-electron chi connectivity index (χ4n) is 2.64. The van der Waals surface area contributed by atoms with Crippen molar-refractivity contribution in [3.8, 4) is 0 Å².